The molecule has 3 nitrogen and oxygen atoms in total. The van der Waals surface area contributed by atoms with Gasteiger partial charge in [-0.1, -0.05) is 43.8 Å². The zero-order chi connectivity index (χ0) is 21.3. The van der Waals surface area contributed by atoms with Crippen LogP contribution in [0, 0.1) is 6.92 Å². The number of hydrogen-bond acceptors (Lipinski definition) is 3. The zero-order valence-electron chi connectivity index (χ0n) is 18.5. The highest BCUT2D eigenvalue weighted by Gasteiger charge is 2.27. The minimum Gasteiger partial charge on any atom is -0.496 e. The van der Waals surface area contributed by atoms with Crippen molar-refractivity contribution in [2.45, 2.75) is 57.9 Å². The lowest BCUT2D eigenvalue weighted by Crippen LogP contribution is -2.33. The summed E-state index contributed by atoms with van der Waals surface area (Å²) in [6.07, 6.45) is 6.65. The van der Waals surface area contributed by atoms with Crippen LogP contribution in [0.5, 0.6) is 5.75 Å². The fraction of sp³-hybridized carbons (Fsp3) is 0.346. The molecule has 1 unspecified atom stereocenters. The maximum atomic E-state index is 6.27. The molecule has 4 heteroatoms. The molecule has 3 aromatic rings. The van der Waals surface area contributed by atoms with Crippen molar-refractivity contribution in [3.05, 3.63) is 70.0 Å². The first kappa shape index (κ1) is 20.8. The number of allylic oxidation sites excluding steroid dienone is 3. The molecule has 2 heterocycles. The zero-order valence-corrected chi connectivity index (χ0v) is 19.3. The third-order valence-electron chi connectivity index (χ3n) is 5.88. The molecule has 0 radical (unpaired) electrons. The second kappa shape index (κ2) is 8.73. The van der Waals surface area contributed by atoms with E-state index in [1.807, 2.05) is 17.8 Å². The van der Waals surface area contributed by atoms with Crippen molar-refractivity contribution in [2.75, 3.05) is 7.11 Å². The first-order valence-corrected chi connectivity index (χ1v) is 11.6. The molecule has 1 aromatic heterocycles. The monoisotopic (exact) mass is 420 g/mol. The van der Waals surface area contributed by atoms with E-state index in [4.69, 9.17) is 9.15 Å². The second-order valence-electron chi connectivity index (χ2n) is 7.69. The summed E-state index contributed by atoms with van der Waals surface area (Å²) < 4.78 is 14.0. The Balaban J connectivity index is 1.76. The SMILES string of the molecule is CCC(=Cc1oc2cc(OC)c(C)cc2[n+]1CC)/C=C1\Sc2ccccc2C1CC. The predicted octanol–water partition coefficient (Wildman–Crippen LogP) is 7.03. The summed E-state index contributed by atoms with van der Waals surface area (Å²) in [7, 11) is 1.70. The highest BCUT2D eigenvalue weighted by Crippen LogP contribution is 2.50. The van der Waals surface area contributed by atoms with E-state index >= 15 is 0 Å². The minimum atomic E-state index is 0.488. The number of aryl methyl sites for hydroxylation is 2. The topological polar surface area (TPSA) is 26.2 Å². The highest BCUT2D eigenvalue weighted by molar-refractivity contribution is 8.03. The van der Waals surface area contributed by atoms with Gasteiger partial charge >= 0.3 is 5.89 Å². The average molecular weight is 421 g/mol. The molecule has 156 valence electrons. The summed E-state index contributed by atoms with van der Waals surface area (Å²) in [5.41, 5.74) is 5.84. The Hall–Kier alpha value is -2.46. The van der Waals surface area contributed by atoms with Crippen molar-refractivity contribution in [3.8, 4) is 5.75 Å². The van der Waals surface area contributed by atoms with E-state index in [2.05, 4.69) is 74.7 Å². The van der Waals surface area contributed by atoms with E-state index in [1.54, 1.807) is 7.11 Å². The number of rotatable bonds is 6. The van der Waals surface area contributed by atoms with Crippen LogP contribution in [0.2, 0.25) is 0 Å². The van der Waals surface area contributed by atoms with Crippen molar-refractivity contribution in [3.63, 3.8) is 0 Å². The lowest BCUT2D eigenvalue weighted by atomic mass is 9.95. The van der Waals surface area contributed by atoms with Crippen LogP contribution < -0.4 is 9.30 Å². The molecule has 1 aliphatic heterocycles. The molecular formula is C26H30NO2S+. The largest absolute Gasteiger partial charge is 0.496 e. The van der Waals surface area contributed by atoms with Crippen LogP contribution >= 0.6 is 11.8 Å². The fourth-order valence-corrected chi connectivity index (χ4v) is 5.61. The Kier molecular flexibility index (Phi) is 6.05. The number of nitrogens with zero attached hydrogens (tertiary/aromatic N) is 1. The van der Waals surface area contributed by atoms with E-state index in [-0.39, 0.29) is 0 Å². The summed E-state index contributed by atoms with van der Waals surface area (Å²) >= 11 is 1.91. The van der Waals surface area contributed by atoms with Crippen molar-refractivity contribution < 1.29 is 13.7 Å². The molecular weight excluding hydrogens is 390 g/mol. The van der Waals surface area contributed by atoms with Crippen LogP contribution in [0.1, 0.15) is 56.5 Å². The summed E-state index contributed by atoms with van der Waals surface area (Å²) in [5.74, 6) is 2.24. The molecule has 0 bridgehead atoms. The minimum absolute atomic E-state index is 0.488. The van der Waals surface area contributed by atoms with Gasteiger partial charge in [0.1, 0.15) is 12.3 Å². The molecule has 4 rings (SSSR count). The van der Waals surface area contributed by atoms with Crippen molar-refractivity contribution in [1.82, 2.24) is 0 Å². The molecule has 2 aromatic carbocycles. The Bertz CT molecular complexity index is 1140. The number of ether oxygens (including phenoxy) is 1. The van der Waals surface area contributed by atoms with Crippen LogP contribution in [0.4, 0.5) is 0 Å². The number of aromatic nitrogens is 1. The van der Waals surface area contributed by atoms with Gasteiger partial charge in [-0.15, -0.1) is 0 Å². The number of thioether (sulfide) groups is 1. The second-order valence-corrected chi connectivity index (χ2v) is 8.81. The highest BCUT2D eigenvalue weighted by atomic mass is 32.2. The molecule has 0 N–H and O–H groups in total. The number of methoxy groups -OCH3 is 1. The van der Waals surface area contributed by atoms with E-state index in [0.717, 1.165) is 47.7 Å². The van der Waals surface area contributed by atoms with Crippen LogP contribution in [-0.4, -0.2) is 7.11 Å². The van der Waals surface area contributed by atoms with Gasteiger partial charge in [0.2, 0.25) is 5.58 Å². The fourth-order valence-electron chi connectivity index (χ4n) is 4.24. The van der Waals surface area contributed by atoms with Crippen molar-refractivity contribution >= 4 is 28.9 Å². The number of oxazole rings is 1. The van der Waals surface area contributed by atoms with Gasteiger partial charge in [-0.05, 0) is 60.4 Å². The Morgan fingerprint density at radius 2 is 2.00 bits per heavy atom. The average Bonchev–Trinajstić information content (AvgIpc) is 3.28. The van der Waals surface area contributed by atoms with Gasteiger partial charge in [0.25, 0.3) is 5.52 Å². The van der Waals surface area contributed by atoms with Crippen LogP contribution in [0.3, 0.4) is 0 Å². The number of benzene rings is 2. The third kappa shape index (κ3) is 3.69. The van der Waals surface area contributed by atoms with Crippen molar-refractivity contribution in [1.29, 1.82) is 0 Å². The third-order valence-corrected chi connectivity index (χ3v) is 7.11. The summed E-state index contributed by atoms with van der Waals surface area (Å²) in [6, 6.07) is 12.9. The van der Waals surface area contributed by atoms with Gasteiger partial charge in [0.05, 0.1) is 13.2 Å². The summed E-state index contributed by atoms with van der Waals surface area (Å²) in [6.45, 7) is 9.57. The van der Waals surface area contributed by atoms with E-state index in [1.165, 1.54) is 20.9 Å². The molecule has 1 aliphatic rings. The van der Waals surface area contributed by atoms with Crippen molar-refractivity contribution in [2.24, 2.45) is 0 Å². The first-order chi connectivity index (χ1) is 14.6. The predicted molar refractivity (Wildman–Crippen MR) is 125 cm³/mol. The molecule has 0 saturated carbocycles. The Morgan fingerprint density at radius 1 is 1.20 bits per heavy atom. The number of fused-ring (bicyclic) bond motifs is 2. The number of hydrogen-bond donors (Lipinski definition) is 0. The maximum Gasteiger partial charge on any atom is 0.374 e. The van der Waals surface area contributed by atoms with E-state index < -0.39 is 0 Å². The lowest BCUT2D eigenvalue weighted by Gasteiger charge is -2.10. The van der Waals surface area contributed by atoms with Gasteiger partial charge in [0, 0.05) is 22.9 Å². The smallest absolute Gasteiger partial charge is 0.374 e. The molecule has 0 saturated heterocycles. The normalized spacial score (nSPS) is 17.7. The standard InChI is InChI=1S/C26H30NO2S/c1-6-18(14-25-19(7-2)20-11-9-10-12-24(20)30-25)15-26-27(8-3)21-13-17(4)22(28-5)16-23(21)29-26/h9-16,19H,6-8H2,1-5H3/q+1/b18-15?,25-14-. The summed E-state index contributed by atoms with van der Waals surface area (Å²) in [4.78, 5) is 2.82. The van der Waals surface area contributed by atoms with E-state index in [0.29, 0.717) is 5.92 Å². The molecule has 0 spiro atoms. The van der Waals surface area contributed by atoms with Gasteiger partial charge in [-0.3, -0.25) is 0 Å². The molecule has 0 amide bonds. The summed E-state index contributed by atoms with van der Waals surface area (Å²) in [5, 5.41) is 0. The Morgan fingerprint density at radius 3 is 2.70 bits per heavy atom. The van der Waals surface area contributed by atoms with Gasteiger partial charge in [-0.25, -0.2) is 0 Å². The van der Waals surface area contributed by atoms with Crippen LogP contribution in [-0.2, 0) is 6.54 Å². The van der Waals surface area contributed by atoms with Gasteiger partial charge in [0.15, 0.2) is 0 Å². The van der Waals surface area contributed by atoms with Crippen LogP contribution in [0.25, 0.3) is 17.2 Å². The molecule has 0 aliphatic carbocycles. The van der Waals surface area contributed by atoms with E-state index in [9.17, 15) is 0 Å². The first-order valence-electron chi connectivity index (χ1n) is 10.8. The lowest BCUT2D eigenvalue weighted by molar-refractivity contribution is -0.674. The van der Waals surface area contributed by atoms with Crippen LogP contribution in [0.15, 0.2) is 62.3 Å². The van der Waals surface area contributed by atoms with Gasteiger partial charge in [-0.2, -0.15) is 4.57 Å². The molecule has 30 heavy (non-hydrogen) atoms. The quantitative estimate of drug-likeness (QED) is 0.400. The molecule has 0 fully saturated rings. The maximum absolute atomic E-state index is 6.27. The Labute approximate surface area is 183 Å². The molecule has 1 atom stereocenters. The van der Waals surface area contributed by atoms with Gasteiger partial charge < -0.3 is 9.15 Å².